The predicted molar refractivity (Wildman–Crippen MR) is 69.2 cm³/mol. The Morgan fingerprint density at radius 1 is 1.50 bits per heavy atom. The summed E-state index contributed by atoms with van der Waals surface area (Å²) in [6.07, 6.45) is 2.43. The topological polar surface area (TPSA) is 66.6 Å². The molecule has 18 heavy (non-hydrogen) atoms. The summed E-state index contributed by atoms with van der Waals surface area (Å²) in [5, 5.41) is 9.42. The van der Waals surface area contributed by atoms with Gasteiger partial charge in [-0.25, -0.2) is 0 Å². The molecule has 1 atom stereocenters. The van der Waals surface area contributed by atoms with Gasteiger partial charge in [-0.05, 0) is 30.0 Å². The Morgan fingerprint density at radius 2 is 2.22 bits per heavy atom. The SMILES string of the molecule is CN1C(=O)Cc2cc(C(N)C3(CO)CC3)ccc21. The lowest BCUT2D eigenvalue weighted by molar-refractivity contribution is -0.117. The van der Waals surface area contributed by atoms with Gasteiger partial charge in [0.25, 0.3) is 0 Å². The van der Waals surface area contributed by atoms with Crippen molar-refractivity contribution in [2.24, 2.45) is 11.1 Å². The smallest absolute Gasteiger partial charge is 0.231 e. The molecule has 1 saturated carbocycles. The van der Waals surface area contributed by atoms with Crippen molar-refractivity contribution in [1.82, 2.24) is 0 Å². The molecule has 1 unspecified atom stereocenters. The van der Waals surface area contributed by atoms with E-state index >= 15 is 0 Å². The van der Waals surface area contributed by atoms with Gasteiger partial charge in [0, 0.05) is 24.2 Å². The molecule has 4 nitrogen and oxygen atoms in total. The number of amides is 1. The minimum Gasteiger partial charge on any atom is -0.396 e. The summed E-state index contributed by atoms with van der Waals surface area (Å²) in [5.74, 6) is 0.124. The van der Waals surface area contributed by atoms with Gasteiger partial charge in [-0.15, -0.1) is 0 Å². The Kier molecular flexibility index (Phi) is 2.47. The fourth-order valence-corrected chi connectivity index (χ4v) is 2.77. The quantitative estimate of drug-likeness (QED) is 0.835. The number of hydrogen-bond donors (Lipinski definition) is 2. The molecule has 1 fully saturated rings. The van der Waals surface area contributed by atoms with Gasteiger partial charge in [-0.1, -0.05) is 12.1 Å². The van der Waals surface area contributed by atoms with E-state index in [4.69, 9.17) is 5.73 Å². The molecule has 3 rings (SSSR count). The maximum atomic E-state index is 11.6. The molecule has 0 spiro atoms. The highest BCUT2D eigenvalue weighted by Gasteiger charge is 2.48. The molecule has 4 heteroatoms. The van der Waals surface area contributed by atoms with Crippen molar-refractivity contribution >= 4 is 11.6 Å². The van der Waals surface area contributed by atoms with Crippen LogP contribution in [0.25, 0.3) is 0 Å². The van der Waals surface area contributed by atoms with Crippen LogP contribution in [0.2, 0.25) is 0 Å². The van der Waals surface area contributed by atoms with Crippen molar-refractivity contribution in [3.8, 4) is 0 Å². The second kappa shape index (κ2) is 3.80. The number of nitrogens with zero attached hydrogens (tertiary/aromatic N) is 1. The van der Waals surface area contributed by atoms with E-state index in [2.05, 4.69) is 0 Å². The zero-order valence-corrected chi connectivity index (χ0v) is 10.5. The molecule has 96 valence electrons. The molecule has 0 aromatic heterocycles. The average Bonchev–Trinajstić information content (AvgIpc) is 3.12. The number of nitrogens with two attached hydrogens (primary N) is 1. The van der Waals surface area contributed by atoms with Crippen molar-refractivity contribution < 1.29 is 9.90 Å². The number of aliphatic hydroxyl groups excluding tert-OH is 1. The third kappa shape index (κ3) is 1.56. The Hall–Kier alpha value is -1.39. The average molecular weight is 246 g/mol. The minimum absolute atomic E-state index is 0.122. The largest absolute Gasteiger partial charge is 0.396 e. The van der Waals surface area contributed by atoms with Crippen LogP contribution in [0.3, 0.4) is 0 Å². The van der Waals surface area contributed by atoms with E-state index in [9.17, 15) is 9.90 Å². The molecule has 0 saturated heterocycles. The second-order valence-corrected chi connectivity index (χ2v) is 5.52. The van der Waals surface area contributed by atoms with Gasteiger partial charge in [0.1, 0.15) is 0 Å². The lowest BCUT2D eigenvalue weighted by Gasteiger charge is -2.22. The number of fused-ring (bicyclic) bond motifs is 1. The fraction of sp³-hybridized carbons (Fsp3) is 0.500. The van der Waals surface area contributed by atoms with Gasteiger partial charge in [0.15, 0.2) is 0 Å². The first-order valence-corrected chi connectivity index (χ1v) is 6.33. The molecule has 1 aromatic carbocycles. The molecule has 3 N–H and O–H groups in total. The van der Waals surface area contributed by atoms with Crippen molar-refractivity contribution in [2.75, 3.05) is 18.6 Å². The third-order valence-electron chi connectivity index (χ3n) is 4.41. The van der Waals surface area contributed by atoms with E-state index in [1.54, 1.807) is 11.9 Å². The van der Waals surface area contributed by atoms with Gasteiger partial charge >= 0.3 is 0 Å². The molecule has 0 bridgehead atoms. The number of carbonyl (C=O) groups excluding carboxylic acids is 1. The predicted octanol–water partition coefficient (Wildman–Crippen LogP) is 0.978. The van der Waals surface area contributed by atoms with Crippen LogP contribution < -0.4 is 10.6 Å². The standard InChI is InChI=1S/C14H18N2O2/c1-16-11-3-2-9(6-10(11)7-12(16)18)13(15)14(8-17)4-5-14/h2-3,6,13,17H,4-5,7-8,15H2,1H3. The minimum atomic E-state index is -0.131. The number of hydrogen-bond acceptors (Lipinski definition) is 3. The van der Waals surface area contributed by atoms with Crippen LogP contribution in [0.1, 0.15) is 30.0 Å². The van der Waals surface area contributed by atoms with E-state index in [1.807, 2.05) is 18.2 Å². The molecule has 0 radical (unpaired) electrons. The van der Waals surface area contributed by atoms with Gasteiger partial charge in [-0.3, -0.25) is 4.79 Å². The fourth-order valence-electron chi connectivity index (χ4n) is 2.77. The van der Waals surface area contributed by atoms with Crippen molar-refractivity contribution in [3.63, 3.8) is 0 Å². The Morgan fingerprint density at radius 3 is 2.83 bits per heavy atom. The number of aliphatic hydroxyl groups is 1. The van der Waals surface area contributed by atoms with Gasteiger partial charge in [0.05, 0.1) is 13.0 Å². The highest BCUT2D eigenvalue weighted by atomic mass is 16.3. The lowest BCUT2D eigenvalue weighted by atomic mass is 9.90. The molecule has 1 amide bonds. The van der Waals surface area contributed by atoms with Crippen molar-refractivity contribution in [3.05, 3.63) is 29.3 Å². The van der Waals surface area contributed by atoms with Crippen LogP contribution in [0.5, 0.6) is 0 Å². The maximum Gasteiger partial charge on any atom is 0.231 e. The molecular weight excluding hydrogens is 228 g/mol. The lowest BCUT2D eigenvalue weighted by Crippen LogP contribution is -2.25. The summed E-state index contributed by atoms with van der Waals surface area (Å²) in [6, 6.07) is 5.84. The summed E-state index contributed by atoms with van der Waals surface area (Å²) in [5.41, 5.74) is 9.18. The van der Waals surface area contributed by atoms with Gasteiger partial charge in [0.2, 0.25) is 5.91 Å². The summed E-state index contributed by atoms with van der Waals surface area (Å²) >= 11 is 0. The maximum absolute atomic E-state index is 11.6. The summed E-state index contributed by atoms with van der Waals surface area (Å²) < 4.78 is 0. The zero-order valence-electron chi connectivity index (χ0n) is 10.5. The van der Waals surface area contributed by atoms with Crippen LogP contribution in [0.4, 0.5) is 5.69 Å². The first kappa shape index (κ1) is 11.7. The molecule has 1 aliphatic heterocycles. The van der Waals surface area contributed by atoms with E-state index in [1.165, 1.54) is 0 Å². The highest BCUT2D eigenvalue weighted by molar-refractivity contribution is 6.00. The first-order chi connectivity index (χ1) is 8.57. The van der Waals surface area contributed by atoms with Crippen LogP contribution in [-0.4, -0.2) is 24.7 Å². The monoisotopic (exact) mass is 246 g/mol. The van der Waals surface area contributed by atoms with Crippen molar-refractivity contribution in [1.29, 1.82) is 0 Å². The Balaban J connectivity index is 1.92. The number of carbonyl (C=O) groups is 1. The van der Waals surface area contributed by atoms with Crippen molar-refractivity contribution in [2.45, 2.75) is 25.3 Å². The molecule has 2 aliphatic rings. The summed E-state index contributed by atoms with van der Waals surface area (Å²) in [7, 11) is 1.80. The molecule has 1 aromatic rings. The second-order valence-electron chi connectivity index (χ2n) is 5.52. The Labute approximate surface area is 106 Å². The number of likely N-dealkylation sites (N-methyl/N-ethyl adjacent to an activating group) is 1. The third-order valence-corrected chi connectivity index (χ3v) is 4.41. The number of rotatable bonds is 3. The Bertz CT molecular complexity index is 509. The molecule has 1 aliphatic carbocycles. The van der Waals surface area contributed by atoms with E-state index in [-0.39, 0.29) is 24.0 Å². The van der Waals surface area contributed by atoms with Crippen LogP contribution >= 0.6 is 0 Å². The normalized spacial score (nSPS) is 21.9. The van der Waals surface area contributed by atoms with Crippen LogP contribution in [-0.2, 0) is 11.2 Å². The van der Waals surface area contributed by atoms with E-state index in [0.29, 0.717) is 6.42 Å². The number of anilines is 1. The van der Waals surface area contributed by atoms with Crippen LogP contribution in [0.15, 0.2) is 18.2 Å². The van der Waals surface area contributed by atoms with Gasteiger partial charge in [-0.2, -0.15) is 0 Å². The summed E-state index contributed by atoms with van der Waals surface area (Å²) in [6.45, 7) is 0.143. The summed E-state index contributed by atoms with van der Waals surface area (Å²) in [4.78, 5) is 13.3. The van der Waals surface area contributed by atoms with E-state index in [0.717, 1.165) is 29.7 Å². The molecular formula is C14H18N2O2. The highest BCUT2D eigenvalue weighted by Crippen LogP contribution is 2.53. The molecule has 1 heterocycles. The zero-order chi connectivity index (χ0) is 12.9. The van der Waals surface area contributed by atoms with E-state index < -0.39 is 0 Å². The van der Waals surface area contributed by atoms with Gasteiger partial charge < -0.3 is 15.7 Å². The van der Waals surface area contributed by atoms with Crippen LogP contribution in [0, 0.1) is 5.41 Å². The number of benzene rings is 1. The first-order valence-electron chi connectivity index (χ1n) is 6.33.